The van der Waals surface area contributed by atoms with E-state index in [4.69, 9.17) is 4.74 Å². The zero-order valence-corrected chi connectivity index (χ0v) is 14.4. The number of carbonyl (C=O) groups is 1. The Labute approximate surface area is 145 Å². The van der Waals surface area contributed by atoms with Crippen LogP contribution < -0.4 is 5.32 Å². The molecule has 2 aromatic rings. The fourth-order valence-corrected chi connectivity index (χ4v) is 3.78. The van der Waals surface area contributed by atoms with Gasteiger partial charge in [-0.25, -0.2) is 4.39 Å². The molecule has 1 amide bonds. The SMILES string of the molecule is Cc1ccc(F)cc1NC(=O)c1ccccc1SC[C@@H]1CCCO1. The summed E-state index contributed by atoms with van der Waals surface area (Å²) < 4.78 is 19.0. The first-order valence-corrected chi connectivity index (χ1v) is 9.03. The number of rotatable bonds is 5. The Morgan fingerprint density at radius 3 is 2.96 bits per heavy atom. The highest BCUT2D eigenvalue weighted by atomic mass is 32.2. The lowest BCUT2D eigenvalue weighted by molar-refractivity contribution is 0.102. The fourth-order valence-electron chi connectivity index (χ4n) is 2.66. The van der Waals surface area contributed by atoms with Gasteiger partial charge in [-0.15, -0.1) is 11.8 Å². The summed E-state index contributed by atoms with van der Waals surface area (Å²) in [5.41, 5.74) is 1.93. The number of halogens is 1. The Hall–Kier alpha value is -1.85. The van der Waals surface area contributed by atoms with Gasteiger partial charge in [0, 0.05) is 22.9 Å². The van der Waals surface area contributed by atoms with Crippen LogP contribution in [0.15, 0.2) is 47.4 Å². The van der Waals surface area contributed by atoms with Crippen LogP contribution in [0.5, 0.6) is 0 Å². The van der Waals surface area contributed by atoms with Crippen molar-refractivity contribution in [2.75, 3.05) is 17.7 Å². The van der Waals surface area contributed by atoms with E-state index < -0.39 is 0 Å². The molecule has 0 aromatic heterocycles. The molecule has 0 spiro atoms. The maximum absolute atomic E-state index is 13.4. The molecule has 3 rings (SSSR count). The van der Waals surface area contributed by atoms with Crippen LogP contribution in [-0.2, 0) is 4.74 Å². The zero-order valence-electron chi connectivity index (χ0n) is 13.5. The van der Waals surface area contributed by atoms with Crippen molar-refractivity contribution in [3.8, 4) is 0 Å². The van der Waals surface area contributed by atoms with Crippen molar-refractivity contribution in [3.63, 3.8) is 0 Å². The van der Waals surface area contributed by atoms with Crippen molar-refractivity contribution in [3.05, 3.63) is 59.4 Å². The van der Waals surface area contributed by atoms with Gasteiger partial charge in [0.2, 0.25) is 0 Å². The average molecular weight is 345 g/mol. The van der Waals surface area contributed by atoms with Gasteiger partial charge in [-0.1, -0.05) is 18.2 Å². The molecule has 0 unspecified atom stereocenters. The van der Waals surface area contributed by atoms with Crippen molar-refractivity contribution >= 4 is 23.4 Å². The van der Waals surface area contributed by atoms with Gasteiger partial charge in [0.25, 0.3) is 5.91 Å². The zero-order chi connectivity index (χ0) is 16.9. The number of anilines is 1. The number of aryl methyl sites for hydroxylation is 1. The number of carbonyl (C=O) groups excluding carboxylic acids is 1. The predicted molar refractivity (Wildman–Crippen MR) is 95.2 cm³/mol. The summed E-state index contributed by atoms with van der Waals surface area (Å²) in [6, 6.07) is 11.9. The lowest BCUT2D eigenvalue weighted by Crippen LogP contribution is -2.15. The van der Waals surface area contributed by atoms with Gasteiger partial charge in [-0.2, -0.15) is 0 Å². The van der Waals surface area contributed by atoms with Crippen LogP contribution in [0, 0.1) is 12.7 Å². The minimum atomic E-state index is -0.364. The van der Waals surface area contributed by atoms with E-state index in [1.165, 1.54) is 12.1 Å². The molecule has 1 N–H and O–H groups in total. The molecule has 1 fully saturated rings. The summed E-state index contributed by atoms with van der Waals surface area (Å²) in [6.07, 6.45) is 2.44. The molecule has 1 aliphatic rings. The molecule has 5 heteroatoms. The number of amides is 1. The van der Waals surface area contributed by atoms with Gasteiger partial charge in [0.15, 0.2) is 0 Å². The normalized spacial score (nSPS) is 17.0. The average Bonchev–Trinajstić information content (AvgIpc) is 3.10. The number of hydrogen-bond donors (Lipinski definition) is 1. The van der Waals surface area contributed by atoms with Crippen molar-refractivity contribution < 1.29 is 13.9 Å². The number of benzene rings is 2. The molecular weight excluding hydrogens is 325 g/mol. The second kappa shape index (κ2) is 7.81. The summed E-state index contributed by atoms with van der Waals surface area (Å²) >= 11 is 1.63. The summed E-state index contributed by atoms with van der Waals surface area (Å²) in [6.45, 7) is 2.67. The van der Waals surface area contributed by atoms with Crippen molar-refractivity contribution in [2.24, 2.45) is 0 Å². The van der Waals surface area contributed by atoms with Crippen molar-refractivity contribution in [1.29, 1.82) is 0 Å². The maximum atomic E-state index is 13.4. The third-order valence-corrected chi connectivity index (χ3v) is 5.23. The first-order valence-electron chi connectivity index (χ1n) is 8.04. The van der Waals surface area contributed by atoms with Gasteiger partial charge in [0.1, 0.15) is 5.82 Å². The monoisotopic (exact) mass is 345 g/mol. The maximum Gasteiger partial charge on any atom is 0.256 e. The van der Waals surface area contributed by atoms with E-state index in [1.807, 2.05) is 25.1 Å². The third-order valence-electron chi connectivity index (χ3n) is 4.03. The van der Waals surface area contributed by atoms with Crippen LogP contribution in [-0.4, -0.2) is 24.4 Å². The Bertz CT molecular complexity index is 729. The fraction of sp³-hybridized carbons (Fsp3) is 0.316. The lowest BCUT2D eigenvalue weighted by atomic mass is 10.1. The van der Waals surface area contributed by atoms with E-state index in [9.17, 15) is 9.18 Å². The highest BCUT2D eigenvalue weighted by molar-refractivity contribution is 7.99. The molecule has 0 aliphatic carbocycles. The standard InChI is InChI=1S/C19H20FNO2S/c1-13-8-9-14(20)11-17(13)21-19(22)16-6-2-3-7-18(16)24-12-15-5-4-10-23-15/h2-3,6-9,11,15H,4-5,10,12H2,1H3,(H,21,22)/t15-/m0/s1. The molecule has 1 atom stereocenters. The molecule has 0 bridgehead atoms. The van der Waals surface area contributed by atoms with E-state index in [-0.39, 0.29) is 17.8 Å². The highest BCUT2D eigenvalue weighted by Crippen LogP contribution is 2.27. The molecule has 0 saturated carbocycles. The van der Waals surface area contributed by atoms with Crippen LogP contribution in [0.2, 0.25) is 0 Å². The lowest BCUT2D eigenvalue weighted by Gasteiger charge is -2.13. The number of nitrogens with one attached hydrogen (secondary N) is 1. The number of hydrogen-bond acceptors (Lipinski definition) is 3. The first kappa shape index (κ1) is 17.0. The van der Waals surface area contributed by atoms with E-state index in [0.29, 0.717) is 11.3 Å². The Morgan fingerprint density at radius 2 is 2.17 bits per heavy atom. The van der Waals surface area contributed by atoms with Gasteiger partial charge in [-0.3, -0.25) is 4.79 Å². The molecule has 126 valence electrons. The molecule has 24 heavy (non-hydrogen) atoms. The molecule has 1 saturated heterocycles. The first-order chi connectivity index (χ1) is 11.6. The Morgan fingerprint density at radius 1 is 1.33 bits per heavy atom. The van der Waals surface area contributed by atoms with E-state index >= 15 is 0 Å². The van der Waals surface area contributed by atoms with Gasteiger partial charge >= 0.3 is 0 Å². The minimum Gasteiger partial charge on any atom is -0.377 e. The highest BCUT2D eigenvalue weighted by Gasteiger charge is 2.18. The summed E-state index contributed by atoms with van der Waals surface area (Å²) in [4.78, 5) is 13.5. The van der Waals surface area contributed by atoms with Crippen molar-refractivity contribution in [2.45, 2.75) is 30.8 Å². The molecule has 2 aromatic carbocycles. The molecule has 3 nitrogen and oxygen atoms in total. The summed E-state index contributed by atoms with van der Waals surface area (Å²) in [5, 5.41) is 2.81. The summed E-state index contributed by atoms with van der Waals surface area (Å²) in [5.74, 6) is 0.250. The van der Waals surface area contributed by atoms with Crippen LogP contribution in [0.1, 0.15) is 28.8 Å². The minimum absolute atomic E-state index is 0.223. The quantitative estimate of drug-likeness (QED) is 0.801. The second-order valence-electron chi connectivity index (χ2n) is 5.86. The van der Waals surface area contributed by atoms with Crippen LogP contribution in [0.4, 0.5) is 10.1 Å². The Kier molecular flexibility index (Phi) is 5.53. The van der Waals surface area contributed by atoms with E-state index in [2.05, 4.69) is 5.32 Å². The number of thioether (sulfide) groups is 1. The molecule has 0 radical (unpaired) electrons. The van der Waals surface area contributed by atoms with Gasteiger partial charge < -0.3 is 10.1 Å². The largest absolute Gasteiger partial charge is 0.377 e. The smallest absolute Gasteiger partial charge is 0.256 e. The topological polar surface area (TPSA) is 38.3 Å². The van der Waals surface area contributed by atoms with Gasteiger partial charge in [-0.05, 0) is 49.6 Å². The van der Waals surface area contributed by atoms with Crippen LogP contribution in [0.25, 0.3) is 0 Å². The Balaban J connectivity index is 1.73. The van der Waals surface area contributed by atoms with E-state index in [1.54, 1.807) is 23.9 Å². The van der Waals surface area contributed by atoms with E-state index in [0.717, 1.165) is 35.7 Å². The molecular formula is C19H20FNO2S. The van der Waals surface area contributed by atoms with Crippen LogP contribution >= 0.6 is 11.8 Å². The van der Waals surface area contributed by atoms with Crippen molar-refractivity contribution in [1.82, 2.24) is 0 Å². The summed E-state index contributed by atoms with van der Waals surface area (Å²) in [7, 11) is 0. The second-order valence-corrected chi connectivity index (χ2v) is 6.92. The number of ether oxygens (including phenoxy) is 1. The third kappa shape index (κ3) is 4.16. The predicted octanol–water partition coefficient (Wildman–Crippen LogP) is 4.66. The molecule has 1 heterocycles. The van der Waals surface area contributed by atoms with Gasteiger partial charge in [0.05, 0.1) is 11.7 Å². The molecule has 1 aliphatic heterocycles. The van der Waals surface area contributed by atoms with Crippen LogP contribution in [0.3, 0.4) is 0 Å².